The second-order valence-electron chi connectivity index (χ2n) is 5.45. The summed E-state index contributed by atoms with van der Waals surface area (Å²) in [4.78, 5) is 0. The van der Waals surface area contributed by atoms with Gasteiger partial charge >= 0.3 is 0 Å². The fourth-order valence-corrected chi connectivity index (χ4v) is 2.40. The molecule has 0 saturated carbocycles. The fourth-order valence-electron chi connectivity index (χ4n) is 2.40. The van der Waals surface area contributed by atoms with Crippen LogP contribution in [-0.4, -0.2) is 40.7 Å². The summed E-state index contributed by atoms with van der Waals surface area (Å²) in [7, 11) is 0. The Bertz CT molecular complexity index is 728. The normalized spacial score (nSPS) is 12.4. The van der Waals surface area contributed by atoms with Gasteiger partial charge in [0.25, 0.3) is 0 Å². The van der Waals surface area contributed by atoms with Gasteiger partial charge in [-0.1, -0.05) is 30.3 Å². The second-order valence-corrected chi connectivity index (χ2v) is 5.45. The summed E-state index contributed by atoms with van der Waals surface area (Å²) in [5.74, 6) is 0.777. The van der Waals surface area contributed by atoms with E-state index >= 15 is 0 Å². The van der Waals surface area contributed by atoms with Crippen LogP contribution in [0, 0.1) is 0 Å². The zero-order valence-electron chi connectivity index (χ0n) is 12.9. The Balaban J connectivity index is 1.40. The molecule has 0 radical (unpaired) electrons. The first-order chi connectivity index (χ1) is 11.3. The zero-order chi connectivity index (χ0) is 15.9. The van der Waals surface area contributed by atoms with Gasteiger partial charge in [-0.2, -0.15) is 5.10 Å². The molecule has 3 aromatic rings. The van der Waals surface area contributed by atoms with Gasteiger partial charge in [-0.15, -0.1) is 0 Å². The van der Waals surface area contributed by atoms with E-state index in [0.717, 1.165) is 24.2 Å². The van der Waals surface area contributed by atoms with Gasteiger partial charge in [-0.05, 0) is 29.0 Å². The van der Waals surface area contributed by atoms with Crippen LogP contribution in [0.3, 0.4) is 0 Å². The second kappa shape index (κ2) is 7.76. The van der Waals surface area contributed by atoms with E-state index < -0.39 is 6.10 Å². The van der Waals surface area contributed by atoms with Gasteiger partial charge in [0.05, 0.1) is 6.54 Å². The number of ether oxygens (including phenoxy) is 1. The van der Waals surface area contributed by atoms with Crippen LogP contribution in [0.1, 0.15) is 0 Å². The lowest BCUT2D eigenvalue weighted by Gasteiger charge is -2.13. The summed E-state index contributed by atoms with van der Waals surface area (Å²) in [5.41, 5.74) is 0. The van der Waals surface area contributed by atoms with Crippen LogP contribution in [0.15, 0.2) is 60.9 Å². The van der Waals surface area contributed by atoms with Crippen molar-refractivity contribution in [1.82, 2.24) is 15.1 Å². The molecule has 0 spiro atoms. The van der Waals surface area contributed by atoms with Crippen LogP contribution in [0.5, 0.6) is 5.75 Å². The molecule has 1 heterocycles. The van der Waals surface area contributed by atoms with Crippen molar-refractivity contribution in [2.45, 2.75) is 12.6 Å². The van der Waals surface area contributed by atoms with E-state index in [1.807, 2.05) is 47.3 Å². The molecule has 2 aromatic carbocycles. The Morgan fingerprint density at radius 1 is 1.13 bits per heavy atom. The van der Waals surface area contributed by atoms with E-state index in [1.54, 1.807) is 6.20 Å². The number of rotatable bonds is 8. The predicted octanol–water partition coefficient (Wildman–Crippen LogP) is 2.07. The molecule has 0 bridgehead atoms. The smallest absolute Gasteiger partial charge is 0.120 e. The van der Waals surface area contributed by atoms with Crippen LogP contribution in [0.25, 0.3) is 10.8 Å². The number of nitrogens with one attached hydrogen (secondary N) is 1. The molecule has 0 unspecified atom stereocenters. The Labute approximate surface area is 135 Å². The number of hydrogen-bond acceptors (Lipinski definition) is 4. The van der Waals surface area contributed by atoms with Crippen molar-refractivity contribution in [3.8, 4) is 5.75 Å². The van der Waals surface area contributed by atoms with E-state index in [1.165, 1.54) is 5.39 Å². The summed E-state index contributed by atoms with van der Waals surface area (Å²) in [6, 6.07) is 16.0. The van der Waals surface area contributed by atoms with Crippen LogP contribution in [-0.2, 0) is 6.54 Å². The maximum absolute atomic E-state index is 9.97. The lowest BCUT2D eigenvalue weighted by Crippen LogP contribution is -2.33. The van der Waals surface area contributed by atoms with Crippen molar-refractivity contribution in [2.75, 3.05) is 19.7 Å². The highest BCUT2D eigenvalue weighted by Crippen LogP contribution is 2.20. The molecule has 3 rings (SSSR count). The summed E-state index contributed by atoms with van der Waals surface area (Å²) in [5, 5.41) is 19.6. The zero-order valence-corrected chi connectivity index (χ0v) is 12.9. The lowest BCUT2D eigenvalue weighted by molar-refractivity contribution is 0.106. The average Bonchev–Trinajstić information content (AvgIpc) is 3.10. The van der Waals surface area contributed by atoms with Crippen molar-refractivity contribution >= 4 is 10.8 Å². The van der Waals surface area contributed by atoms with E-state index in [4.69, 9.17) is 4.74 Å². The molecule has 23 heavy (non-hydrogen) atoms. The standard InChI is InChI=1S/C18H21N3O2/c22-17(13-19-9-11-21-10-3-8-20-21)14-23-18-7-6-15-4-1-2-5-16(15)12-18/h1-8,10,12,17,19,22H,9,11,13-14H2/t17-/m1/s1. The Hall–Kier alpha value is -2.37. The topological polar surface area (TPSA) is 59.3 Å². The molecule has 0 amide bonds. The van der Waals surface area contributed by atoms with Gasteiger partial charge in [0.2, 0.25) is 0 Å². The van der Waals surface area contributed by atoms with Gasteiger partial charge in [0.15, 0.2) is 0 Å². The number of aliphatic hydroxyl groups is 1. The molecule has 0 aliphatic heterocycles. The van der Waals surface area contributed by atoms with Crippen molar-refractivity contribution in [3.05, 3.63) is 60.9 Å². The molecule has 1 aromatic heterocycles. The minimum absolute atomic E-state index is 0.271. The van der Waals surface area contributed by atoms with Gasteiger partial charge < -0.3 is 15.2 Å². The third kappa shape index (κ3) is 4.55. The quantitative estimate of drug-likeness (QED) is 0.625. The third-order valence-electron chi connectivity index (χ3n) is 3.62. The largest absolute Gasteiger partial charge is 0.491 e. The van der Waals surface area contributed by atoms with Crippen LogP contribution in [0.2, 0.25) is 0 Å². The summed E-state index contributed by atoms with van der Waals surface area (Å²) in [6.07, 6.45) is 3.13. The lowest BCUT2D eigenvalue weighted by atomic mass is 10.1. The van der Waals surface area contributed by atoms with Crippen molar-refractivity contribution in [3.63, 3.8) is 0 Å². The van der Waals surface area contributed by atoms with Crippen molar-refractivity contribution in [2.24, 2.45) is 0 Å². The molecule has 5 heteroatoms. The minimum atomic E-state index is -0.543. The number of benzene rings is 2. The van der Waals surface area contributed by atoms with E-state index in [2.05, 4.69) is 22.5 Å². The molecular weight excluding hydrogens is 290 g/mol. The first-order valence-electron chi connectivity index (χ1n) is 7.79. The first-order valence-corrected chi connectivity index (χ1v) is 7.79. The van der Waals surface area contributed by atoms with E-state index in [9.17, 15) is 5.11 Å². The average molecular weight is 311 g/mol. The molecule has 0 aliphatic carbocycles. The van der Waals surface area contributed by atoms with Crippen LogP contribution in [0.4, 0.5) is 0 Å². The highest BCUT2D eigenvalue weighted by atomic mass is 16.5. The number of hydrogen-bond donors (Lipinski definition) is 2. The first kappa shape index (κ1) is 15.5. The number of fused-ring (bicyclic) bond motifs is 1. The molecule has 1 atom stereocenters. The molecule has 0 fully saturated rings. The fraction of sp³-hybridized carbons (Fsp3) is 0.278. The summed E-state index contributed by atoms with van der Waals surface area (Å²) < 4.78 is 7.52. The van der Waals surface area contributed by atoms with E-state index in [0.29, 0.717) is 6.54 Å². The van der Waals surface area contributed by atoms with Crippen molar-refractivity contribution < 1.29 is 9.84 Å². The molecular formula is C18H21N3O2. The highest BCUT2D eigenvalue weighted by Gasteiger charge is 2.05. The maximum atomic E-state index is 9.97. The highest BCUT2D eigenvalue weighted by molar-refractivity contribution is 5.83. The third-order valence-corrected chi connectivity index (χ3v) is 3.62. The van der Waals surface area contributed by atoms with E-state index in [-0.39, 0.29) is 6.61 Å². The monoisotopic (exact) mass is 311 g/mol. The maximum Gasteiger partial charge on any atom is 0.120 e. The number of aliphatic hydroxyl groups excluding tert-OH is 1. The Morgan fingerprint density at radius 3 is 2.83 bits per heavy atom. The molecule has 0 saturated heterocycles. The Morgan fingerprint density at radius 2 is 2.00 bits per heavy atom. The van der Waals surface area contributed by atoms with Gasteiger partial charge in [0.1, 0.15) is 18.5 Å². The van der Waals surface area contributed by atoms with Gasteiger partial charge in [-0.3, -0.25) is 4.68 Å². The Kier molecular flexibility index (Phi) is 5.24. The van der Waals surface area contributed by atoms with Gasteiger partial charge in [-0.25, -0.2) is 0 Å². The predicted molar refractivity (Wildman–Crippen MR) is 90.5 cm³/mol. The SMILES string of the molecule is O[C@H](CNCCn1cccn1)COc1ccc2ccccc2c1. The summed E-state index contributed by atoms with van der Waals surface area (Å²) >= 11 is 0. The molecule has 120 valence electrons. The molecule has 0 aliphatic rings. The van der Waals surface area contributed by atoms with Crippen LogP contribution >= 0.6 is 0 Å². The molecule has 2 N–H and O–H groups in total. The summed E-state index contributed by atoms with van der Waals surface area (Å²) in [6.45, 7) is 2.31. The van der Waals surface area contributed by atoms with Crippen molar-refractivity contribution in [1.29, 1.82) is 0 Å². The minimum Gasteiger partial charge on any atom is -0.491 e. The molecule has 5 nitrogen and oxygen atoms in total. The number of nitrogens with zero attached hydrogens (tertiary/aromatic N) is 2. The number of aromatic nitrogens is 2. The van der Waals surface area contributed by atoms with Gasteiger partial charge in [0, 0.05) is 25.5 Å². The van der Waals surface area contributed by atoms with Crippen LogP contribution < -0.4 is 10.1 Å².